The summed E-state index contributed by atoms with van der Waals surface area (Å²) in [6.07, 6.45) is 8.59. The fourth-order valence-corrected chi connectivity index (χ4v) is 7.84. The molecular weight excluding hydrogens is 345 g/mol. The van der Waals surface area contributed by atoms with Crippen molar-refractivity contribution < 1.29 is 23.2 Å². The first-order chi connectivity index (χ1) is 10.2. The van der Waals surface area contributed by atoms with Crippen LogP contribution in [0.4, 0.5) is 0 Å². The molecule has 0 aromatic heterocycles. The molecule has 0 saturated carbocycles. The zero-order valence-electron chi connectivity index (χ0n) is 15.4. The normalized spacial score (nSPS) is 20.9. The van der Waals surface area contributed by atoms with Crippen molar-refractivity contribution in [3.05, 3.63) is 41.0 Å². The Bertz CT molecular complexity index is 571. The molecule has 0 fully saturated rings. The van der Waals surface area contributed by atoms with Crippen LogP contribution in [0.25, 0.3) is 0 Å². The van der Waals surface area contributed by atoms with E-state index >= 15 is 0 Å². The van der Waals surface area contributed by atoms with Gasteiger partial charge in [-0.3, -0.25) is 0 Å². The van der Waals surface area contributed by atoms with Crippen LogP contribution in [0.1, 0.15) is 53.9 Å². The second-order valence-electron chi connectivity index (χ2n) is 7.52. The fraction of sp³-hybridized carbons (Fsp3) is 0.600. The maximum atomic E-state index is 2.44. The van der Waals surface area contributed by atoms with Crippen LogP contribution in [0, 0.1) is 5.41 Å². The Kier molecular flexibility index (Phi) is 5.89. The van der Waals surface area contributed by atoms with Crippen LogP contribution >= 0.6 is 0 Å². The predicted octanol–water partition coefficient (Wildman–Crippen LogP) is 5.27. The second kappa shape index (κ2) is 7.14. The first-order valence-corrected chi connectivity index (χ1v) is 10.9. The van der Waals surface area contributed by atoms with Crippen LogP contribution in [0.5, 0.6) is 0 Å². The van der Waals surface area contributed by atoms with Crippen molar-refractivity contribution in [3.63, 3.8) is 0 Å². The molecule has 0 amide bonds. The van der Waals surface area contributed by atoms with Crippen molar-refractivity contribution in [1.29, 1.82) is 0 Å². The summed E-state index contributed by atoms with van der Waals surface area (Å²) < 4.78 is 3.64. The standard InChI is InChI=1S/C10H16N.C10H15.Zr/c1-11(2)9-5-8-10-6-3-4-7-10;1-7-6-10(4,5)9(3)8(7)2;/h3,6H,4-5,8-9H2,1-2H3;1-5H3;. The van der Waals surface area contributed by atoms with Gasteiger partial charge in [0, 0.05) is 0 Å². The Hall–Kier alpha value is -0.197. The van der Waals surface area contributed by atoms with Gasteiger partial charge in [0.15, 0.2) is 0 Å². The van der Waals surface area contributed by atoms with Gasteiger partial charge in [-0.15, -0.1) is 0 Å². The van der Waals surface area contributed by atoms with E-state index < -0.39 is 23.2 Å². The molecule has 0 saturated heterocycles. The van der Waals surface area contributed by atoms with Crippen LogP contribution in [0.15, 0.2) is 41.0 Å². The molecule has 0 heterocycles. The summed E-state index contributed by atoms with van der Waals surface area (Å²) >= 11 is -0.633. The van der Waals surface area contributed by atoms with Crippen LogP contribution in [0.3, 0.4) is 0 Å². The van der Waals surface area contributed by atoms with E-state index in [-0.39, 0.29) is 0 Å². The fourth-order valence-electron chi connectivity index (χ4n) is 3.50. The average Bonchev–Trinajstić information content (AvgIpc) is 2.93. The average molecular weight is 377 g/mol. The number of hydrogen-bond acceptors (Lipinski definition) is 1. The van der Waals surface area contributed by atoms with E-state index in [1.807, 2.05) is 6.56 Å². The molecule has 120 valence electrons. The minimum absolute atomic E-state index is 0.310. The van der Waals surface area contributed by atoms with Gasteiger partial charge in [-0.25, -0.2) is 0 Å². The maximum absolute atomic E-state index is 2.44. The van der Waals surface area contributed by atoms with Crippen LogP contribution in [-0.4, -0.2) is 25.5 Å². The van der Waals surface area contributed by atoms with Crippen molar-refractivity contribution in [2.75, 3.05) is 20.6 Å². The molecule has 0 bridgehead atoms. The van der Waals surface area contributed by atoms with Gasteiger partial charge in [0.2, 0.25) is 0 Å². The van der Waals surface area contributed by atoms with E-state index in [1.165, 1.54) is 25.8 Å². The van der Waals surface area contributed by atoms with Gasteiger partial charge in [-0.2, -0.15) is 0 Å². The molecule has 0 N–H and O–H groups in total. The molecule has 1 nitrogen and oxygen atoms in total. The number of allylic oxidation sites excluding steroid dienone is 8. The van der Waals surface area contributed by atoms with Gasteiger partial charge in [-0.05, 0) is 0 Å². The van der Waals surface area contributed by atoms with Gasteiger partial charge < -0.3 is 0 Å². The Labute approximate surface area is 148 Å². The van der Waals surface area contributed by atoms with Gasteiger partial charge in [0.25, 0.3) is 0 Å². The molecule has 0 aromatic carbocycles. The Morgan fingerprint density at radius 1 is 1.14 bits per heavy atom. The number of hydrogen-bond donors (Lipinski definition) is 0. The molecule has 0 unspecified atom stereocenters. The van der Waals surface area contributed by atoms with Crippen molar-refractivity contribution in [1.82, 2.24) is 4.90 Å². The molecule has 0 spiro atoms. The SMILES string of the molecule is CC1=C(C)C(C)(C)[C]([Zr][C]2=C(CCCN(C)C)C=CC2)=C1C. The van der Waals surface area contributed by atoms with Crippen molar-refractivity contribution in [2.24, 2.45) is 5.41 Å². The summed E-state index contributed by atoms with van der Waals surface area (Å²) in [5, 5.41) is 0. The third-order valence-corrected chi connectivity index (χ3v) is 10.5. The molecule has 2 rings (SSSR count). The van der Waals surface area contributed by atoms with E-state index in [4.69, 9.17) is 0 Å². The number of nitrogens with zero attached hydrogens (tertiary/aromatic N) is 1. The summed E-state index contributed by atoms with van der Waals surface area (Å²) in [6, 6.07) is 0. The van der Waals surface area contributed by atoms with Gasteiger partial charge in [-0.1, -0.05) is 0 Å². The number of rotatable bonds is 6. The molecular formula is C20H31NZr. The van der Waals surface area contributed by atoms with E-state index in [2.05, 4.69) is 65.8 Å². The summed E-state index contributed by atoms with van der Waals surface area (Å²) in [4.78, 5) is 2.29. The topological polar surface area (TPSA) is 3.24 Å². The Balaban J connectivity index is 2.13. The van der Waals surface area contributed by atoms with Crippen molar-refractivity contribution >= 4 is 0 Å². The Morgan fingerprint density at radius 3 is 2.36 bits per heavy atom. The van der Waals surface area contributed by atoms with E-state index in [0.29, 0.717) is 5.41 Å². The second-order valence-corrected chi connectivity index (χ2v) is 10.8. The molecule has 0 aliphatic heterocycles. The van der Waals surface area contributed by atoms with Gasteiger partial charge >= 0.3 is 149 Å². The van der Waals surface area contributed by atoms with E-state index in [9.17, 15) is 0 Å². The zero-order valence-corrected chi connectivity index (χ0v) is 17.9. The van der Waals surface area contributed by atoms with Gasteiger partial charge in [0.05, 0.1) is 0 Å². The molecule has 2 heteroatoms. The van der Waals surface area contributed by atoms with Crippen LogP contribution in [-0.2, 0) is 23.2 Å². The third kappa shape index (κ3) is 3.65. The molecule has 0 aromatic rings. The predicted molar refractivity (Wildman–Crippen MR) is 93.4 cm³/mol. The summed E-state index contributed by atoms with van der Waals surface area (Å²) in [5.41, 5.74) is 6.75. The first-order valence-electron chi connectivity index (χ1n) is 8.45. The van der Waals surface area contributed by atoms with Crippen molar-refractivity contribution in [3.8, 4) is 0 Å². The summed E-state index contributed by atoms with van der Waals surface area (Å²) in [7, 11) is 4.34. The molecule has 0 atom stereocenters. The molecule has 0 radical (unpaired) electrons. The molecule has 22 heavy (non-hydrogen) atoms. The minimum atomic E-state index is -0.633. The van der Waals surface area contributed by atoms with E-state index in [1.54, 1.807) is 22.3 Å². The summed E-state index contributed by atoms with van der Waals surface area (Å²) in [6.45, 7) is 13.1. The first kappa shape index (κ1) is 18.1. The quantitative estimate of drug-likeness (QED) is 0.610. The van der Waals surface area contributed by atoms with Crippen LogP contribution in [0.2, 0.25) is 0 Å². The summed E-state index contributed by atoms with van der Waals surface area (Å²) in [5.74, 6) is 0. The third-order valence-electron chi connectivity index (χ3n) is 5.42. The van der Waals surface area contributed by atoms with E-state index in [0.717, 1.165) is 0 Å². The monoisotopic (exact) mass is 375 g/mol. The Morgan fingerprint density at radius 2 is 1.82 bits per heavy atom. The zero-order chi connectivity index (χ0) is 16.5. The molecule has 2 aliphatic carbocycles. The van der Waals surface area contributed by atoms with Crippen LogP contribution < -0.4 is 0 Å². The van der Waals surface area contributed by atoms with Gasteiger partial charge in [0.1, 0.15) is 0 Å². The molecule has 2 aliphatic rings. The van der Waals surface area contributed by atoms with Crippen molar-refractivity contribution in [2.45, 2.75) is 53.9 Å².